The van der Waals surface area contributed by atoms with Crippen LogP contribution < -0.4 is 27.2 Å². The van der Waals surface area contributed by atoms with Gasteiger partial charge in [0.25, 0.3) is 29.6 Å². The van der Waals surface area contributed by atoms with E-state index in [9.17, 15) is 24.0 Å². The quantitative estimate of drug-likeness (QED) is 0.0193. The van der Waals surface area contributed by atoms with Crippen LogP contribution in [-0.4, -0.2) is 92.8 Å². The highest BCUT2D eigenvalue weighted by atomic mass is 16.9. The zero-order valence-corrected chi connectivity index (χ0v) is 48.0. The molecule has 4 amide bonds. The van der Waals surface area contributed by atoms with Gasteiger partial charge in [0.15, 0.2) is 0 Å². The molecule has 3 atom stereocenters. The lowest BCUT2D eigenvalue weighted by molar-refractivity contribution is -0.355. The second-order valence-corrected chi connectivity index (χ2v) is 22.3. The van der Waals surface area contributed by atoms with E-state index in [2.05, 4.69) is 91.7 Å². The number of hydrazine groups is 1. The fraction of sp³-hybridized carbons (Fsp3) is 0.583. The lowest BCUT2D eigenvalue weighted by Gasteiger charge is -2.28. The topological polar surface area (TPSA) is 235 Å². The summed E-state index contributed by atoms with van der Waals surface area (Å²) in [7, 11) is 6.10. The van der Waals surface area contributed by atoms with Gasteiger partial charge in [-0.2, -0.15) is 0 Å². The second-order valence-electron chi connectivity index (χ2n) is 22.3. The molecule has 3 aromatic carbocycles. The number of unbranched alkanes of at least 4 members (excludes halogenated alkanes) is 2. The fourth-order valence-corrected chi connectivity index (χ4v) is 10.0. The van der Waals surface area contributed by atoms with Gasteiger partial charge in [0.1, 0.15) is 0 Å². The molecule has 3 saturated carbocycles. The largest absolute Gasteiger partial charge is 0.465 e. The summed E-state index contributed by atoms with van der Waals surface area (Å²) in [4.78, 5) is 59.5. The van der Waals surface area contributed by atoms with Gasteiger partial charge in [-0.3, -0.25) is 24.6 Å². The molecule has 17 heteroatoms. The zero-order chi connectivity index (χ0) is 56.8. The summed E-state index contributed by atoms with van der Waals surface area (Å²) in [6, 6.07) is 20.8. The number of hydrogen-bond donors (Lipinski definition) is 5. The predicted octanol–water partition coefficient (Wildman–Crippen LogP) is 10.8. The van der Waals surface area contributed by atoms with Crippen LogP contribution in [0, 0.1) is 22.2 Å². The van der Waals surface area contributed by atoms with E-state index in [0.717, 1.165) is 89.2 Å². The average molecular weight is 1070 g/mol. The van der Waals surface area contributed by atoms with Gasteiger partial charge in [-0.05, 0) is 146 Å². The molecule has 424 valence electrons. The number of nitrogens with one attached hydrogen (secondary N) is 4. The number of esters is 1. The fourth-order valence-electron chi connectivity index (χ4n) is 10.0. The Labute approximate surface area is 457 Å². The molecule has 3 aliphatic rings. The van der Waals surface area contributed by atoms with Crippen LogP contribution >= 0.6 is 0 Å². The number of ether oxygens (including phenoxy) is 4. The Morgan fingerprint density at radius 1 is 0.597 bits per heavy atom. The number of aryl methyl sites for hydroxylation is 1. The van der Waals surface area contributed by atoms with Gasteiger partial charge in [-0.15, -0.1) is 10.2 Å². The number of benzene rings is 3. The number of hydrogen-bond acceptors (Lipinski definition) is 13. The summed E-state index contributed by atoms with van der Waals surface area (Å²) in [6.07, 6.45) is 16.2. The Bertz CT molecular complexity index is 2360. The highest BCUT2D eigenvalue weighted by Gasteiger charge is 2.37. The minimum atomic E-state index is -0.823. The summed E-state index contributed by atoms with van der Waals surface area (Å²) in [6.45, 7) is 18.3. The van der Waals surface area contributed by atoms with Crippen LogP contribution in [-0.2, 0) is 25.4 Å². The summed E-state index contributed by atoms with van der Waals surface area (Å²) in [5, 5.41) is 17.4. The Morgan fingerprint density at radius 3 is 1.45 bits per heavy atom. The SMILES string of the molecule is CC1(C)CCCC1NC(=O)c1ccc(C(=O)NN)cc1.CCCCC(OC)(OC)OC.CCCCc1nnc(-c2ccc(C(=O)NCC3CCCC3(C)C)cc2)o1.COC(=O)c1ccc(C(=O)NC2CCCC2(C)C)cc1. The van der Waals surface area contributed by atoms with Crippen molar-refractivity contribution in [1.29, 1.82) is 0 Å². The normalized spacial score (nSPS) is 18.7. The maximum atomic E-state index is 12.4. The molecule has 1 aromatic heterocycles. The van der Waals surface area contributed by atoms with E-state index in [1.54, 1.807) is 69.9 Å². The van der Waals surface area contributed by atoms with Crippen LogP contribution in [0.25, 0.3) is 11.5 Å². The van der Waals surface area contributed by atoms with E-state index < -0.39 is 11.9 Å². The number of nitrogens with two attached hydrogens (primary N) is 1. The predicted molar refractivity (Wildman–Crippen MR) is 299 cm³/mol. The lowest BCUT2D eigenvalue weighted by atomic mass is 9.82. The van der Waals surface area contributed by atoms with Gasteiger partial charge in [0.05, 0.1) is 12.7 Å². The molecule has 3 fully saturated rings. The zero-order valence-electron chi connectivity index (χ0n) is 48.0. The van der Waals surface area contributed by atoms with Crippen LogP contribution in [0.1, 0.15) is 203 Å². The summed E-state index contributed by atoms with van der Waals surface area (Å²) < 4.78 is 25.6. The minimum absolute atomic E-state index is 0.0200. The standard InChI is InChI=1S/C21H29N3O2.C16H21NO3.C15H21N3O2.C8H18O3/c1-4-5-8-18-23-24-20(26-18)16-11-9-15(10-12-16)19(25)22-14-17-7-6-13-21(17,2)3;1-16(2)10-4-5-13(16)17-14(18)11-6-8-12(9-7-11)15(19)20-3;1-15(2)9-3-4-12(15)17-13(19)10-5-7-11(8-6-10)14(20)18-16;1-5-6-7-8(9-2,10-3)11-4/h9-12,17H,4-8,13-14H2,1-3H3,(H,22,25);6-9,13H,4-5,10H2,1-3H3,(H,17,18);5-8,12H,3-4,9,16H2,1-2H3,(H,17,19)(H,18,20);5-7H2,1-4H3. The molecule has 0 aliphatic heterocycles. The van der Waals surface area contributed by atoms with E-state index in [0.29, 0.717) is 50.9 Å². The van der Waals surface area contributed by atoms with Crippen LogP contribution in [0.15, 0.2) is 77.2 Å². The molecule has 0 bridgehead atoms. The molecule has 0 saturated heterocycles. The molecule has 17 nitrogen and oxygen atoms in total. The number of methoxy groups -OCH3 is 4. The molecular formula is C60H89N7O10. The van der Waals surface area contributed by atoms with E-state index in [1.807, 2.05) is 24.3 Å². The first kappa shape index (κ1) is 63.5. The van der Waals surface area contributed by atoms with Crippen molar-refractivity contribution in [2.24, 2.45) is 28.0 Å². The van der Waals surface area contributed by atoms with E-state index in [-0.39, 0.29) is 46.5 Å². The van der Waals surface area contributed by atoms with Crippen LogP contribution in [0.4, 0.5) is 0 Å². The lowest BCUT2D eigenvalue weighted by Crippen LogP contribution is -2.41. The number of carbonyl (C=O) groups excluding carboxylic acids is 5. The number of aromatic nitrogens is 2. The van der Waals surface area contributed by atoms with Crippen LogP contribution in [0.3, 0.4) is 0 Å². The maximum absolute atomic E-state index is 12.4. The molecule has 1 heterocycles. The first-order valence-corrected chi connectivity index (χ1v) is 27.4. The van der Waals surface area contributed by atoms with E-state index in [1.165, 1.54) is 26.4 Å². The molecule has 3 unspecified atom stereocenters. The first-order chi connectivity index (χ1) is 36.6. The maximum Gasteiger partial charge on any atom is 0.337 e. The molecule has 4 aromatic rings. The highest BCUT2D eigenvalue weighted by Crippen LogP contribution is 2.42. The number of amides is 4. The molecule has 0 spiro atoms. The molecule has 77 heavy (non-hydrogen) atoms. The van der Waals surface area contributed by atoms with Crippen molar-refractivity contribution in [1.82, 2.24) is 31.6 Å². The van der Waals surface area contributed by atoms with Gasteiger partial charge < -0.3 is 39.3 Å². The van der Waals surface area contributed by atoms with E-state index >= 15 is 0 Å². The van der Waals surface area contributed by atoms with Crippen molar-refractivity contribution < 1.29 is 47.3 Å². The van der Waals surface area contributed by atoms with Crippen molar-refractivity contribution in [3.63, 3.8) is 0 Å². The van der Waals surface area contributed by atoms with Gasteiger partial charge in [-0.25, -0.2) is 10.6 Å². The average Bonchev–Trinajstić information content (AvgIpc) is 4.23. The minimum Gasteiger partial charge on any atom is -0.465 e. The third kappa shape index (κ3) is 18.9. The van der Waals surface area contributed by atoms with Gasteiger partial charge in [-0.1, -0.05) is 87.5 Å². The Hall–Kier alpha value is -6.01. The number of rotatable bonds is 19. The number of nitrogen functional groups attached to an aromatic ring is 1. The van der Waals surface area contributed by atoms with Gasteiger partial charge >= 0.3 is 5.97 Å². The number of nitrogens with zero attached hydrogens (tertiary/aromatic N) is 2. The molecule has 0 radical (unpaired) electrons. The van der Waals surface area contributed by atoms with Crippen LogP contribution in [0.2, 0.25) is 0 Å². The van der Waals surface area contributed by atoms with Gasteiger partial charge in [0, 0.05) is 80.6 Å². The monoisotopic (exact) mass is 1070 g/mol. The van der Waals surface area contributed by atoms with Gasteiger partial charge in [0.2, 0.25) is 11.8 Å². The highest BCUT2D eigenvalue weighted by molar-refractivity contribution is 5.98. The van der Waals surface area contributed by atoms with Crippen molar-refractivity contribution in [2.75, 3.05) is 35.0 Å². The molecular weight excluding hydrogens is 979 g/mol. The summed E-state index contributed by atoms with van der Waals surface area (Å²) in [5.41, 5.74) is 6.20. The molecule has 3 aliphatic carbocycles. The summed E-state index contributed by atoms with van der Waals surface area (Å²) in [5.74, 6) is 5.02. The molecule has 6 N–H and O–H groups in total. The van der Waals surface area contributed by atoms with E-state index in [4.69, 9.17) is 24.5 Å². The van der Waals surface area contributed by atoms with Crippen molar-refractivity contribution in [3.8, 4) is 11.5 Å². The Morgan fingerprint density at radius 2 is 1.04 bits per heavy atom. The smallest absolute Gasteiger partial charge is 0.337 e. The third-order valence-corrected chi connectivity index (χ3v) is 15.6. The van der Waals surface area contributed by atoms with Crippen molar-refractivity contribution in [3.05, 3.63) is 107 Å². The Balaban J connectivity index is 0.000000230. The molecule has 7 rings (SSSR count). The third-order valence-electron chi connectivity index (χ3n) is 15.6. The van der Waals surface area contributed by atoms with Crippen molar-refractivity contribution in [2.45, 2.75) is 170 Å². The summed E-state index contributed by atoms with van der Waals surface area (Å²) >= 11 is 0. The first-order valence-electron chi connectivity index (χ1n) is 27.4. The second kappa shape index (κ2) is 30.2. The Kier molecular flexibility index (Phi) is 24.9. The van der Waals surface area contributed by atoms with Crippen LogP contribution in [0.5, 0.6) is 0 Å². The van der Waals surface area contributed by atoms with Crippen molar-refractivity contribution >= 4 is 29.6 Å². The number of carbonyl (C=O) groups is 5.